The Labute approximate surface area is 121 Å². The van der Waals surface area contributed by atoms with E-state index >= 15 is 0 Å². The molecule has 104 valence electrons. The number of carbonyl (C=O) groups excluding carboxylic acids is 1. The van der Waals surface area contributed by atoms with Crippen LogP contribution in [0.25, 0.3) is 0 Å². The molecule has 2 rings (SSSR count). The second-order valence-corrected chi connectivity index (χ2v) is 5.85. The Bertz CT molecular complexity index is 473. The third kappa shape index (κ3) is 4.51. The maximum atomic E-state index is 10.8. The zero-order valence-corrected chi connectivity index (χ0v) is 12.6. The fourth-order valence-corrected chi connectivity index (χ4v) is 2.55. The Morgan fingerprint density at radius 2 is 2.26 bits per heavy atom. The molecule has 1 aromatic rings. The zero-order chi connectivity index (χ0) is 13.8. The van der Waals surface area contributed by atoms with Crippen molar-refractivity contribution < 1.29 is 9.53 Å². The minimum atomic E-state index is -0.340. The largest absolute Gasteiger partial charge is 0.492 e. The molecule has 0 saturated heterocycles. The average Bonchev–Trinajstić information content (AvgIpc) is 3.12. The summed E-state index contributed by atoms with van der Waals surface area (Å²) in [5.74, 6) is 0.519. The van der Waals surface area contributed by atoms with Crippen molar-refractivity contribution in [3.63, 3.8) is 0 Å². The molecule has 1 aliphatic carbocycles. The van der Waals surface area contributed by atoms with Crippen LogP contribution in [0.1, 0.15) is 30.4 Å². The van der Waals surface area contributed by atoms with Gasteiger partial charge in [-0.15, -0.1) is 0 Å². The summed E-state index contributed by atoms with van der Waals surface area (Å²) in [5, 5.41) is 3.47. The molecule has 0 heterocycles. The molecule has 19 heavy (non-hydrogen) atoms. The second kappa shape index (κ2) is 6.39. The van der Waals surface area contributed by atoms with Gasteiger partial charge in [0.1, 0.15) is 5.75 Å². The van der Waals surface area contributed by atoms with Crippen LogP contribution in [0.3, 0.4) is 0 Å². The first-order valence-corrected chi connectivity index (χ1v) is 7.29. The molecule has 3 N–H and O–H groups in total. The molecule has 4 nitrogen and oxygen atoms in total. The molecule has 0 atom stereocenters. The first kappa shape index (κ1) is 14.3. The van der Waals surface area contributed by atoms with Gasteiger partial charge >= 0.3 is 0 Å². The summed E-state index contributed by atoms with van der Waals surface area (Å²) in [5.41, 5.74) is 7.30. The molecule has 0 aliphatic heterocycles. The molecular weight excluding hydrogens is 308 g/mol. The number of ether oxygens (including phenoxy) is 1. The van der Waals surface area contributed by atoms with E-state index in [0.717, 1.165) is 27.9 Å². The summed E-state index contributed by atoms with van der Waals surface area (Å²) in [6.07, 6.45) is 2.75. The minimum Gasteiger partial charge on any atom is -0.492 e. The molecular formula is C14H19BrN2O2. The second-order valence-electron chi connectivity index (χ2n) is 4.93. The molecule has 1 amide bonds. The lowest BCUT2D eigenvalue weighted by Gasteiger charge is -2.15. The summed E-state index contributed by atoms with van der Waals surface area (Å²) in [4.78, 5) is 10.8. The number of halogens is 1. The van der Waals surface area contributed by atoms with Crippen LogP contribution in [0.4, 0.5) is 0 Å². The molecule has 0 unspecified atom stereocenters. The van der Waals surface area contributed by atoms with Crippen LogP contribution < -0.4 is 15.8 Å². The number of benzene rings is 1. The van der Waals surface area contributed by atoms with Crippen LogP contribution in [0, 0.1) is 6.92 Å². The number of hydrogen-bond donors (Lipinski definition) is 2. The van der Waals surface area contributed by atoms with Gasteiger partial charge in [-0.25, -0.2) is 0 Å². The Morgan fingerprint density at radius 1 is 1.53 bits per heavy atom. The van der Waals surface area contributed by atoms with Gasteiger partial charge in [0, 0.05) is 22.6 Å². The van der Waals surface area contributed by atoms with Crippen molar-refractivity contribution in [3.8, 4) is 5.75 Å². The van der Waals surface area contributed by atoms with E-state index in [4.69, 9.17) is 10.5 Å². The van der Waals surface area contributed by atoms with Crippen molar-refractivity contribution >= 4 is 21.8 Å². The Morgan fingerprint density at radius 3 is 2.89 bits per heavy atom. The van der Waals surface area contributed by atoms with Gasteiger partial charge in [-0.3, -0.25) is 4.79 Å². The smallest absolute Gasteiger partial charge is 0.220 e. The van der Waals surface area contributed by atoms with Crippen molar-refractivity contribution in [2.45, 2.75) is 38.8 Å². The summed E-state index contributed by atoms with van der Waals surface area (Å²) in [6.45, 7) is 3.12. The number of carbonyl (C=O) groups is 1. The lowest BCUT2D eigenvalue weighted by molar-refractivity contribution is -0.118. The first-order valence-electron chi connectivity index (χ1n) is 6.50. The molecule has 5 heteroatoms. The van der Waals surface area contributed by atoms with Crippen LogP contribution >= 0.6 is 15.9 Å². The van der Waals surface area contributed by atoms with Crippen molar-refractivity contribution in [2.75, 3.05) is 6.61 Å². The molecule has 1 aliphatic rings. The first-order chi connectivity index (χ1) is 9.06. The highest BCUT2D eigenvalue weighted by molar-refractivity contribution is 9.10. The highest BCUT2D eigenvalue weighted by atomic mass is 79.9. The normalized spacial score (nSPS) is 14.4. The molecule has 1 aromatic carbocycles. The van der Waals surface area contributed by atoms with Gasteiger partial charge in [-0.2, -0.15) is 0 Å². The number of nitrogens with one attached hydrogen (secondary N) is 1. The Hall–Kier alpha value is -1.07. The van der Waals surface area contributed by atoms with Crippen molar-refractivity contribution in [2.24, 2.45) is 5.73 Å². The molecule has 0 radical (unpaired) electrons. The molecule has 1 fully saturated rings. The summed E-state index contributed by atoms with van der Waals surface area (Å²) in [6, 6.07) is 4.72. The number of primary amides is 1. The predicted octanol–water partition coefficient (Wildman–Crippen LogP) is 2.26. The van der Waals surface area contributed by atoms with Crippen LogP contribution in [0.15, 0.2) is 16.6 Å². The topological polar surface area (TPSA) is 64.3 Å². The number of aryl methyl sites for hydroxylation is 1. The van der Waals surface area contributed by atoms with Crippen LogP contribution in [-0.2, 0) is 11.3 Å². The zero-order valence-electron chi connectivity index (χ0n) is 11.0. The number of hydrogen-bond acceptors (Lipinski definition) is 3. The van der Waals surface area contributed by atoms with Crippen molar-refractivity contribution in [1.82, 2.24) is 5.32 Å². The standard InChI is InChI=1S/C14H19BrN2O2/c1-9-6-11(15)7-10(8-17-12-2-3-12)14(9)19-5-4-13(16)18/h6-7,12,17H,2-5,8H2,1H3,(H2,16,18). The van der Waals surface area contributed by atoms with Crippen molar-refractivity contribution in [3.05, 3.63) is 27.7 Å². The lowest BCUT2D eigenvalue weighted by Crippen LogP contribution is -2.18. The number of amides is 1. The van der Waals surface area contributed by atoms with Crippen LogP contribution in [0.5, 0.6) is 5.75 Å². The van der Waals surface area contributed by atoms with Gasteiger partial charge in [-0.1, -0.05) is 15.9 Å². The predicted molar refractivity (Wildman–Crippen MR) is 78.0 cm³/mol. The van der Waals surface area contributed by atoms with Gasteiger partial charge in [0.2, 0.25) is 5.91 Å². The fourth-order valence-electron chi connectivity index (χ4n) is 1.93. The monoisotopic (exact) mass is 326 g/mol. The summed E-state index contributed by atoms with van der Waals surface area (Å²) < 4.78 is 6.77. The molecule has 0 aromatic heterocycles. The highest BCUT2D eigenvalue weighted by Crippen LogP contribution is 2.29. The van der Waals surface area contributed by atoms with Gasteiger partial charge in [0.25, 0.3) is 0 Å². The van der Waals surface area contributed by atoms with Gasteiger partial charge in [-0.05, 0) is 37.5 Å². The SMILES string of the molecule is Cc1cc(Br)cc(CNC2CC2)c1OCCC(N)=O. The highest BCUT2D eigenvalue weighted by Gasteiger charge is 2.21. The molecule has 0 bridgehead atoms. The van der Waals surface area contributed by atoms with E-state index < -0.39 is 0 Å². The lowest BCUT2D eigenvalue weighted by atomic mass is 10.1. The van der Waals surface area contributed by atoms with E-state index in [1.54, 1.807) is 0 Å². The van der Waals surface area contributed by atoms with E-state index in [-0.39, 0.29) is 12.3 Å². The Balaban J connectivity index is 2.05. The van der Waals surface area contributed by atoms with Crippen LogP contribution in [-0.4, -0.2) is 18.6 Å². The quantitative estimate of drug-likeness (QED) is 0.807. The van der Waals surface area contributed by atoms with Gasteiger partial charge < -0.3 is 15.8 Å². The number of rotatable bonds is 7. The van der Waals surface area contributed by atoms with E-state index in [9.17, 15) is 4.79 Å². The fraction of sp³-hybridized carbons (Fsp3) is 0.500. The Kier molecular flexibility index (Phi) is 4.82. The third-order valence-corrected chi connectivity index (χ3v) is 3.53. The van der Waals surface area contributed by atoms with E-state index in [1.165, 1.54) is 12.8 Å². The van der Waals surface area contributed by atoms with Crippen LogP contribution in [0.2, 0.25) is 0 Å². The van der Waals surface area contributed by atoms with Gasteiger partial charge in [0.05, 0.1) is 13.0 Å². The minimum absolute atomic E-state index is 0.241. The van der Waals surface area contributed by atoms with E-state index in [0.29, 0.717) is 12.6 Å². The third-order valence-electron chi connectivity index (χ3n) is 3.07. The summed E-state index contributed by atoms with van der Waals surface area (Å²) >= 11 is 3.50. The van der Waals surface area contributed by atoms with E-state index in [2.05, 4.69) is 27.3 Å². The molecule has 1 saturated carbocycles. The maximum absolute atomic E-state index is 10.8. The van der Waals surface area contributed by atoms with Gasteiger partial charge in [0.15, 0.2) is 0 Å². The molecule has 0 spiro atoms. The average molecular weight is 327 g/mol. The van der Waals surface area contributed by atoms with E-state index in [1.807, 2.05) is 13.0 Å². The van der Waals surface area contributed by atoms with Crippen molar-refractivity contribution in [1.29, 1.82) is 0 Å². The number of nitrogens with two attached hydrogens (primary N) is 1. The summed E-state index contributed by atoms with van der Waals surface area (Å²) in [7, 11) is 0. The maximum Gasteiger partial charge on any atom is 0.220 e.